The van der Waals surface area contributed by atoms with Crippen LogP contribution in [0.4, 0.5) is 13.6 Å². The molecule has 2 unspecified atom stereocenters. The van der Waals surface area contributed by atoms with Gasteiger partial charge >= 0.3 is 6.09 Å². The van der Waals surface area contributed by atoms with E-state index in [0.29, 0.717) is 26.1 Å². The maximum atomic E-state index is 13.2. The molecule has 118 valence electrons. The molecule has 1 heterocycles. The molecule has 0 aromatic carbocycles. The number of halogens is 2. The van der Waals surface area contributed by atoms with Gasteiger partial charge in [-0.1, -0.05) is 0 Å². The van der Waals surface area contributed by atoms with Crippen LogP contribution in [0.15, 0.2) is 0 Å². The standard InChI is InChI=1S/C14H26F2N2O2/c1-13(2,3)20-12(19)18-6-5-10(8-17)11(9-18)7-14(4,15)16/h10-11H,5-9,17H2,1-4H3. The zero-order chi connectivity index (χ0) is 15.6. The summed E-state index contributed by atoms with van der Waals surface area (Å²) in [6.45, 7) is 7.46. The van der Waals surface area contributed by atoms with Gasteiger partial charge in [0.25, 0.3) is 0 Å². The highest BCUT2D eigenvalue weighted by molar-refractivity contribution is 5.68. The highest BCUT2D eigenvalue weighted by atomic mass is 19.3. The van der Waals surface area contributed by atoms with Gasteiger partial charge in [-0.15, -0.1) is 0 Å². The van der Waals surface area contributed by atoms with Gasteiger partial charge in [0.2, 0.25) is 5.92 Å². The van der Waals surface area contributed by atoms with Crippen LogP contribution < -0.4 is 5.73 Å². The summed E-state index contributed by atoms with van der Waals surface area (Å²) in [7, 11) is 0. The van der Waals surface area contributed by atoms with Crippen LogP contribution in [0.1, 0.15) is 40.5 Å². The van der Waals surface area contributed by atoms with Crippen molar-refractivity contribution in [2.24, 2.45) is 17.6 Å². The van der Waals surface area contributed by atoms with E-state index in [1.807, 2.05) is 0 Å². The van der Waals surface area contributed by atoms with Crippen molar-refractivity contribution < 1.29 is 18.3 Å². The average Bonchev–Trinajstić information content (AvgIpc) is 2.24. The molecule has 0 bridgehead atoms. The number of ether oxygens (including phenoxy) is 1. The number of likely N-dealkylation sites (tertiary alicyclic amines) is 1. The van der Waals surface area contributed by atoms with Crippen molar-refractivity contribution in [3.63, 3.8) is 0 Å². The van der Waals surface area contributed by atoms with E-state index in [-0.39, 0.29) is 18.3 Å². The van der Waals surface area contributed by atoms with Gasteiger partial charge < -0.3 is 15.4 Å². The Labute approximate surface area is 119 Å². The van der Waals surface area contributed by atoms with Crippen molar-refractivity contribution in [3.8, 4) is 0 Å². The molecular weight excluding hydrogens is 266 g/mol. The highest BCUT2D eigenvalue weighted by Gasteiger charge is 2.37. The van der Waals surface area contributed by atoms with E-state index in [2.05, 4.69) is 0 Å². The van der Waals surface area contributed by atoms with E-state index in [0.717, 1.165) is 6.92 Å². The third-order valence-corrected chi connectivity index (χ3v) is 3.47. The van der Waals surface area contributed by atoms with Crippen LogP contribution in [0.5, 0.6) is 0 Å². The molecule has 0 aromatic rings. The molecule has 2 atom stereocenters. The topological polar surface area (TPSA) is 55.6 Å². The van der Waals surface area contributed by atoms with Crippen molar-refractivity contribution in [1.82, 2.24) is 4.90 Å². The van der Waals surface area contributed by atoms with Crippen LogP contribution in [0.2, 0.25) is 0 Å². The Morgan fingerprint density at radius 3 is 2.35 bits per heavy atom. The van der Waals surface area contributed by atoms with Gasteiger partial charge in [-0.05, 0) is 52.5 Å². The second kappa shape index (κ2) is 6.24. The Bertz CT molecular complexity index is 337. The summed E-state index contributed by atoms with van der Waals surface area (Å²) in [4.78, 5) is 13.5. The Hall–Kier alpha value is -0.910. The minimum absolute atomic E-state index is 0.0412. The minimum Gasteiger partial charge on any atom is -0.444 e. The molecule has 20 heavy (non-hydrogen) atoms. The van der Waals surface area contributed by atoms with E-state index in [1.54, 1.807) is 20.8 Å². The molecule has 4 nitrogen and oxygen atoms in total. The van der Waals surface area contributed by atoms with E-state index in [4.69, 9.17) is 10.5 Å². The maximum Gasteiger partial charge on any atom is 0.410 e. The molecule has 0 saturated carbocycles. The van der Waals surface area contributed by atoms with Gasteiger partial charge in [-0.3, -0.25) is 0 Å². The van der Waals surface area contributed by atoms with E-state index < -0.39 is 17.6 Å². The summed E-state index contributed by atoms with van der Waals surface area (Å²) in [5.41, 5.74) is 5.08. The fourth-order valence-electron chi connectivity index (χ4n) is 2.58. The highest BCUT2D eigenvalue weighted by Crippen LogP contribution is 2.32. The SMILES string of the molecule is CC(F)(F)CC1CN(C(=O)OC(C)(C)C)CCC1CN. The lowest BCUT2D eigenvalue weighted by Gasteiger charge is -2.39. The zero-order valence-corrected chi connectivity index (χ0v) is 12.8. The predicted molar refractivity (Wildman–Crippen MR) is 73.7 cm³/mol. The van der Waals surface area contributed by atoms with E-state index in [1.165, 1.54) is 4.90 Å². The largest absolute Gasteiger partial charge is 0.444 e. The third-order valence-electron chi connectivity index (χ3n) is 3.47. The molecule has 1 fully saturated rings. The molecular formula is C14H26F2N2O2. The van der Waals surface area contributed by atoms with Gasteiger partial charge in [0.1, 0.15) is 5.60 Å². The van der Waals surface area contributed by atoms with Crippen LogP contribution in [0.3, 0.4) is 0 Å². The summed E-state index contributed by atoms with van der Waals surface area (Å²) < 4.78 is 31.8. The Morgan fingerprint density at radius 2 is 1.90 bits per heavy atom. The predicted octanol–water partition coefficient (Wildman–Crippen LogP) is 2.86. The van der Waals surface area contributed by atoms with E-state index >= 15 is 0 Å². The summed E-state index contributed by atoms with van der Waals surface area (Å²) in [6.07, 6.45) is -0.0256. The molecule has 1 aliphatic heterocycles. The number of alkyl halides is 2. The summed E-state index contributed by atoms with van der Waals surface area (Å²) in [5.74, 6) is -2.98. The number of nitrogens with two attached hydrogens (primary N) is 1. The van der Waals surface area contributed by atoms with Crippen molar-refractivity contribution in [2.75, 3.05) is 19.6 Å². The summed E-state index contributed by atoms with van der Waals surface area (Å²) in [6, 6.07) is 0. The zero-order valence-electron chi connectivity index (χ0n) is 12.8. The number of hydrogen-bond donors (Lipinski definition) is 1. The molecule has 0 aliphatic carbocycles. The van der Waals surface area contributed by atoms with Gasteiger partial charge in [-0.2, -0.15) is 0 Å². The first-order valence-corrected chi connectivity index (χ1v) is 7.07. The van der Waals surface area contributed by atoms with Crippen LogP contribution in [0.25, 0.3) is 0 Å². The quantitative estimate of drug-likeness (QED) is 0.870. The number of rotatable bonds is 3. The molecule has 1 saturated heterocycles. The molecule has 1 aliphatic rings. The van der Waals surface area contributed by atoms with Crippen molar-refractivity contribution >= 4 is 6.09 Å². The smallest absolute Gasteiger partial charge is 0.410 e. The number of carbonyl (C=O) groups excluding carboxylic acids is 1. The third kappa shape index (κ3) is 5.61. The minimum atomic E-state index is -2.74. The number of nitrogens with zero attached hydrogens (tertiary/aromatic N) is 1. The molecule has 2 N–H and O–H groups in total. The molecule has 1 rings (SSSR count). The monoisotopic (exact) mass is 292 g/mol. The second-order valence-electron chi connectivity index (χ2n) is 6.75. The summed E-state index contributed by atoms with van der Waals surface area (Å²) in [5, 5.41) is 0. The number of piperidine rings is 1. The van der Waals surface area contributed by atoms with Crippen LogP contribution in [0, 0.1) is 11.8 Å². The Balaban J connectivity index is 2.67. The lowest BCUT2D eigenvalue weighted by molar-refractivity contribution is -0.0339. The van der Waals surface area contributed by atoms with Crippen molar-refractivity contribution in [1.29, 1.82) is 0 Å². The second-order valence-corrected chi connectivity index (χ2v) is 6.75. The van der Waals surface area contributed by atoms with Gasteiger partial charge in [-0.25, -0.2) is 13.6 Å². The first kappa shape index (κ1) is 17.1. The van der Waals surface area contributed by atoms with Crippen LogP contribution in [-0.2, 0) is 4.74 Å². The lowest BCUT2D eigenvalue weighted by atomic mass is 9.82. The summed E-state index contributed by atoms with van der Waals surface area (Å²) >= 11 is 0. The Kier molecular flexibility index (Phi) is 5.35. The van der Waals surface area contributed by atoms with Gasteiger partial charge in [0.05, 0.1) is 0 Å². The number of amides is 1. The first-order chi connectivity index (χ1) is 9.02. The van der Waals surface area contributed by atoms with Crippen LogP contribution >= 0.6 is 0 Å². The normalized spacial score (nSPS) is 24.6. The molecule has 0 spiro atoms. The number of hydrogen-bond acceptors (Lipinski definition) is 3. The fourth-order valence-corrected chi connectivity index (χ4v) is 2.58. The van der Waals surface area contributed by atoms with Crippen LogP contribution in [-0.4, -0.2) is 42.2 Å². The number of carbonyl (C=O) groups is 1. The van der Waals surface area contributed by atoms with Gasteiger partial charge in [0.15, 0.2) is 0 Å². The average molecular weight is 292 g/mol. The molecule has 6 heteroatoms. The van der Waals surface area contributed by atoms with E-state index in [9.17, 15) is 13.6 Å². The van der Waals surface area contributed by atoms with Crippen molar-refractivity contribution in [3.05, 3.63) is 0 Å². The molecule has 1 amide bonds. The lowest BCUT2D eigenvalue weighted by Crippen LogP contribution is -2.48. The van der Waals surface area contributed by atoms with Crippen molar-refractivity contribution in [2.45, 2.75) is 52.1 Å². The Morgan fingerprint density at radius 1 is 1.30 bits per heavy atom. The molecule has 0 radical (unpaired) electrons. The maximum absolute atomic E-state index is 13.2. The fraction of sp³-hybridized carbons (Fsp3) is 0.929. The first-order valence-electron chi connectivity index (χ1n) is 7.07. The van der Waals surface area contributed by atoms with Gasteiger partial charge in [0, 0.05) is 19.5 Å². The molecule has 0 aromatic heterocycles.